The van der Waals surface area contributed by atoms with Crippen molar-refractivity contribution in [2.75, 3.05) is 20.8 Å². The van der Waals surface area contributed by atoms with Crippen LogP contribution in [0.25, 0.3) is 11.5 Å². The van der Waals surface area contributed by atoms with E-state index >= 15 is 0 Å². The molecule has 0 radical (unpaired) electrons. The summed E-state index contributed by atoms with van der Waals surface area (Å²) in [5.74, 6) is 0.217. The van der Waals surface area contributed by atoms with E-state index < -0.39 is 12.4 Å². The smallest absolute Gasteiger partial charge is 0.306 e. The first-order valence-corrected chi connectivity index (χ1v) is 16.6. The minimum absolute atomic E-state index is 0.0125. The number of H-pyrrole nitrogens is 1. The van der Waals surface area contributed by atoms with E-state index in [2.05, 4.69) is 23.0 Å². The molecule has 4 unspecified atom stereocenters. The van der Waals surface area contributed by atoms with Crippen molar-refractivity contribution in [3.8, 4) is 11.5 Å². The van der Waals surface area contributed by atoms with Gasteiger partial charge in [-0.15, -0.1) is 0 Å². The second kappa shape index (κ2) is 13.8. The predicted octanol–water partition coefficient (Wildman–Crippen LogP) is 5.09. The van der Waals surface area contributed by atoms with E-state index in [4.69, 9.17) is 23.9 Å². The lowest BCUT2D eigenvalue weighted by atomic mass is 9.67. The number of hydrogen-bond donors (Lipinski definition) is 2. The van der Waals surface area contributed by atoms with Gasteiger partial charge in [0, 0.05) is 49.8 Å². The van der Waals surface area contributed by atoms with Gasteiger partial charge in [-0.3, -0.25) is 14.6 Å². The molecule has 244 valence electrons. The second-order valence-corrected chi connectivity index (χ2v) is 13.3. The minimum atomic E-state index is -1.14. The van der Waals surface area contributed by atoms with E-state index in [9.17, 15) is 14.7 Å². The van der Waals surface area contributed by atoms with Crippen molar-refractivity contribution in [3.05, 3.63) is 47.4 Å². The van der Waals surface area contributed by atoms with Crippen molar-refractivity contribution in [2.24, 2.45) is 23.7 Å². The number of rotatable bonds is 8. The van der Waals surface area contributed by atoms with Crippen LogP contribution in [0.2, 0.25) is 0 Å². The molecular weight excluding hydrogens is 574 g/mol. The van der Waals surface area contributed by atoms with Crippen LogP contribution in [0, 0.1) is 23.7 Å². The molecule has 0 spiro atoms. The zero-order chi connectivity index (χ0) is 31.7. The van der Waals surface area contributed by atoms with Gasteiger partial charge in [-0.1, -0.05) is 32.4 Å². The van der Waals surface area contributed by atoms with Crippen molar-refractivity contribution in [3.63, 3.8) is 0 Å². The fourth-order valence-electron chi connectivity index (χ4n) is 8.33. The van der Waals surface area contributed by atoms with Crippen LogP contribution >= 0.6 is 0 Å². The van der Waals surface area contributed by atoms with Crippen LogP contribution < -0.4 is 0 Å². The summed E-state index contributed by atoms with van der Waals surface area (Å²) >= 11 is 0. The van der Waals surface area contributed by atoms with E-state index in [1.54, 1.807) is 13.3 Å². The van der Waals surface area contributed by atoms with Crippen LogP contribution in [0.4, 0.5) is 0 Å². The predicted molar refractivity (Wildman–Crippen MR) is 166 cm³/mol. The first-order chi connectivity index (χ1) is 21.8. The number of fused-ring (bicyclic) bond motifs is 8. The van der Waals surface area contributed by atoms with Gasteiger partial charge in [0.15, 0.2) is 17.9 Å². The number of ketones is 1. The van der Waals surface area contributed by atoms with Gasteiger partial charge in [-0.2, -0.15) is 0 Å². The lowest BCUT2D eigenvalue weighted by Crippen LogP contribution is -2.36. The highest BCUT2D eigenvalue weighted by Gasteiger charge is 2.55. The number of esters is 1. The van der Waals surface area contributed by atoms with Crippen LogP contribution in [0.15, 0.2) is 36.0 Å². The average molecular weight is 622 g/mol. The van der Waals surface area contributed by atoms with Crippen molar-refractivity contribution < 1.29 is 33.6 Å². The molecule has 2 aromatic rings. The summed E-state index contributed by atoms with van der Waals surface area (Å²) in [4.78, 5) is 40.9. The van der Waals surface area contributed by atoms with Crippen LogP contribution in [-0.2, 0) is 28.5 Å². The molecule has 1 aliphatic heterocycles. The first-order valence-electron chi connectivity index (χ1n) is 16.6. The monoisotopic (exact) mass is 621 g/mol. The number of carbonyl (C=O) groups excluding carboxylic acids is 2. The number of cyclic esters (lactones) is 1. The summed E-state index contributed by atoms with van der Waals surface area (Å²) in [6.45, 7) is 4.30. The molecule has 1 saturated carbocycles. The number of methoxy groups -OCH3 is 2. The fraction of sp³-hybridized carbons (Fsp3) is 0.657. The number of aliphatic hydroxyl groups is 1. The second-order valence-electron chi connectivity index (χ2n) is 13.3. The van der Waals surface area contributed by atoms with Gasteiger partial charge in [-0.25, -0.2) is 4.98 Å². The third-order valence-corrected chi connectivity index (χ3v) is 10.6. The van der Waals surface area contributed by atoms with Gasteiger partial charge in [0.05, 0.1) is 24.8 Å². The van der Waals surface area contributed by atoms with Crippen molar-refractivity contribution in [1.82, 2.24) is 15.0 Å². The van der Waals surface area contributed by atoms with Crippen molar-refractivity contribution in [2.45, 2.75) is 102 Å². The van der Waals surface area contributed by atoms with E-state index in [-0.39, 0.29) is 72.5 Å². The summed E-state index contributed by atoms with van der Waals surface area (Å²) in [6.07, 6.45) is 7.66. The molecule has 0 aromatic carbocycles. The maximum atomic E-state index is 14.1. The largest absolute Gasteiger partial charge is 0.462 e. The highest BCUT2D eigenvalue weighted by molar-refractivity contribution is 5.99. The van der Waals surface area contributed by atoms with Gasteiger partial charge in [0.25, 0.3) is 0 Å². The Labute approximate surface area is 265 Å². The minimum Gasteiger partial charge on any atom is -0.462 e. The van der Waals surface area contributed by atoms with Crippen LogP contribution in [0.5, 0.6) is 0 Å². The number of imidazole rings is 1. The molecule has 2 fully saturated rings. The number of aromatic nitrogens is 3. The molecule has 3 heterocycles. The first kappa shape index (κ1) is 32.0. The Bertz CT molecular complexity index is 1380. The molecule has 10 nitrogen and oxygen atoms in total. The Balaban J connectivity index is 1.38. The summed E-state index contributed by atoms with van der Waals surface area (Å²) in [6, 6.07) is 5.74. The number of carbonyl (C=O) groups is 2. The Morgan fingerprint density at radius 1 is 1.13 bits per heavy atom. The zero-order valence-electron chi connectivity index (χ0n) is 26.8. The molecule has 4 aliphatic rings. The number of hydrogen-bond acceptors (Lipinski definition) is 9. The summed E-state index contributed by atoms with van der Waals surface area (Å²) in [7, 11) is 3.09. The zero-order valence-corrected chi connectivity index (χ0v) is 26.8. The number of nitrogens with zero attached hydrogens (tertiary/aromatic N) is 2. The number of nitrogens with one attached hydrogen (secondary N) is 1. The number of ether oxygens (including phenoxy) is 4. The van der Waals surface area contributed by atoms with E-state index in [0.29, 0.717) is 18.7 Å². The molecule has 0 bridgehead atoms. The van der Waals surface area contributed by atoms with Gasteiger partial charge in [0.2, 0.25) is 0 Å². The van der Waals surface area contributed by atoms with Gasteiger partial charge < -0.3 is 29.0 Å². The highest BCUT2D eigenvalue weighted by Crippen LogP contribution is 2.61. The average Bonchev–Trinajstić information content (AvgIpc) is 3.76. The number of pyridine rings is 1. The van der Waals surface area contributed by atoms with E-state index in [1.165, 1.54) is 7.11 Å². The molecule has 45 heavy (non-hydrogen) atoms. The summed E-state index contributed by atoms with van der Waals surface area (Å²) in [5, 5.41) is 10.9. The fourth-order valence-corrected chi connectivity index (χ4v) is 8.33. The normalized spacial score (nSPS) is 33.0. The Kier molecular flexibility index (Phi) is 9.85. The Morgan fingerprint density at radius 2 is 1.96 bits per heavy atom. The SMILES string of the molecule is CC[C@H]1CCCC[C@@H](C)C(=O)C2=CC3C(c4[nH]c(-c5ccccn5)nc4C4C[C@@H](OC(O)[C@H](COC)OC)C[C@H]43)[C@@H]2CC(=O)O1. The van der Waals surface area contributed by atoms with Gasteiger partial charge >= 0.3 is 5.97 Å². The van der Waals surface area contributed by atoms with Crippen molar-refractivity contribution >= 4 is 11.8 Å². The number of aromatic amines is 1. The summed E-state index contributed by atoms with van der Waals surface area (Å²) < 4.78 is 22.8. The van der Waals surface area contributed by atoms with Gasteiger partial charge in [-0.05, 0) is 68.1 Å². The Hall–Kier alpha value is -2.92. The van der Waals surface area contributed by atoms with E-state index in [0.717, 1.165) is 54.8 Å². The quantitative estimate of drug-likeness (QED) is 0.305. The summed E-state index contributed by atoms with van der Waals surface area (Å²) in [5.41, 5.74) is 3.42. The molecule has 6 rings (SSSR count). The molecular formula is C35H47N3O7. The molecule has 0 amide bonds. The number of aliphatic hydroxyl groups excluding tert-OH is 1. The standard InChI is InChI=1S/C35H47N3O7/c1-5-20-11-7-6-10-19(2)33(40)26-16-23-22-14-21(45-35(41)28(43-4)18-42-3)15-25(22)31-32(30(23)24(26)17-29(39)44-20)38-34(37-31)27-12-8-9-13-36-27/h8-9,12-13,16,19-25,28,30,35,41H,5-7,10-11,14-15,17-18H2,1-4H3,(H,37,38)/t19-,20+,21+,22+,23?,24-,25?,28+,30?,35?/m1/s1. The lowest BCUT2D eigenvalue weighted by molar-refractivity contribution is -0.204. The van der Waals surface area contributed by atoms with E-state index in [1.807, 2.05) is 25.1 Å². The number of Topliss-reactive ketones (excluding diaryl/α,β-unsaturated/α-hetero) is 1. The van der Waals surface area contributed by atoms with Crippen LogP contribution in [0.1, 0.15) is 88.4 Å². The third kappa shape index (κ3) is 6.39. The lowest BCUT2D eigenvalue weighted by Gasteiger charge is -2.37. The highest BCUT2D eigenvalue weighted by atomic mass is 16.6. The maximum Gasteiger partial charge on any atom is 0.306 e. The van der Waals surface area contributed by atoms with Crippen molar-refractivity contribution in [1.29, 1.82) is 0 Å². The maximum absolute atomic E-state index is 14.1. The topological polar surface area (TPSA) is 133 Å². The molecule has 1 saturated heterocycles. The van der Waals surface area contributed by atoms with Gasteiger partial charge in [0.1, 0.15) is 17.9 Å². The molecule has 10 atom stereocenters. The molecule has 10 heteroatoms. The molecule has 2 aromatic heterocycles. The third-order valence-electron chi connectivity index (χ3n) is 10.6. The number of allylic oxidation sites excluding steroid dienone is 2. The molecule has 3 aliphatic carbocycles. The Morgan fingerprint density at radius 3 is 2.69 bits per heavy atom. The van der Waals surface area contributed by atoms with Crippen LogP contribution in [0.3, 0.4) is 0 Å². The molecule has 2 N–H and O–H groups in total. The van der Waals surface area contributed by atoms with Crippen LogP contribution in [-0.4, -0.2) is 77.2 Å².